The highest BCUT2D eigenvalue weighted by Crippen LogP contribution is 2.22. The average Bonchev–Trinajstić information content (AvgIpc) is 1.82. The third-order valence-corrected chi connectivity index (χ3v) is 2.31. The van der Waals surface area contributed by atoms with Crippen molar-refractivity contribution in [3.63, 3.8) is 0 Å². The molecule has 1 fully saturated rings. The summed E-state index contributed by atoms with van der Waals surface area (Å²) in [6, 6.07) is 0. The molecule has 0 aromatic carbocycles. The topological polar surface area (TPSA) is 66.6 Å². The molecule has 1 saturated heterocycles. The van der Waals surface area contributed by atoms with Crippen LogP contribution in [0.3, 0.4) is 0 Å². The Hall–Kier alpha value is -0.610. The average molecular weight is 172 g/mol. The number of hydrogen-bond acceptors (Lipinski definition) is 3. The van der Waals surface area contributed by atoms with E-state index in [2.05, 4.69) is 0 Å². The zero-order valence-corrected chi connectivity index (χ0v) is 7.58. The Balaban J connectivity index is 2.71. The quantitative estimate of drug-likeness (QED) is 0.572. The minimum atomic E-state index is -1.04. The van der Waals surface area contributed by atoms with Gasteiger partial charge in [0.15, 0.2) is 0 Å². The van der Waals surface area contributed by atoms with Crippen LogP contribution in [0.2, 0.25) is 0 Å². The summed E-state index contributed by atoms with van der Waals surface area (Å²) >= 11 is 0. The molecule has 1 aliphatic rings. The van der Waals surface area contributed by atoms with Crippen LogP contribution in [0.5, 0.6) is 0 Å². The molecule has 0 aliphatic carbocycles. The maximum atomic E-state index is 10.8. The first-order valence-corrected chi connectivity index (χ1v) is 4.15. The number of likely N-dealkylation sites (N-methyl/N-ethyl adjacent to an activating group) is 1. The number of carboxylic acid groups (broad SMARTS) is 1. The highest BCUT2D eigenvalue weighted by Gasteiger charge is 2.40. The smallest absolute Gasteiger partial charge is 0.325 e. The van der Waals surface area contributed by atoms with Gasteiger partial charge in [-0.15, -0.1) is 0 Å². The van der Waals surface area contributed by atoms with Crippen LogP contribution in [0.1, 0.15) is 13.3 Å². The SMILES string of the molecule is C[C@@H]1CN(C)C[C@@](N)(C(=O)O)C1. The van der Waals surface area contributed by atoms with E-state index in [0.717, 1.165) is 6.54 Å². The molecule has 1 rings (SSSR count). The van der Waals surface area contributed by atoms with E-state index in [0.29, 0.717) is 18.9 Å². The van der Waals surface area contributed by atoms with Gasteiger partial charge in [-0.25, -0.2) is 0 Å². The number of carboxylic acids is 1. The zero-order chi connectivity index (χ0) is 9.35. The van der Waals surface area contributed by atoms with Crippen molar-refractivity contribution in [1.29, 1.82) is 0 Å². The van der Waals surface area contributed by atoms with Crippen LogP contribution < -0.4 is 5.73 Å². The van der Waals surface area contributed by atoms with Crippen LogP contribution in [0, 0.1) is 5.92 Å². The number of nitrogens with two attached hydrogens (primary N) is 1. The third-order valence-electron chi connectivity index (χ3n) is 2.31. The molecule has 0 aromatic rings. The number of piperidine rings is 1. The lowest BCUT2D eigenvalue weighted by atomic mass is 9.84. The Labute approximate surface area is 72.3 Å². The first-order chi connectivity index (χ1) is 5.44. The van der Waals surface area contributed by atoms with Crippen molar-refractivity contribution in [3.8, 4) is 0 Å². The second-order valence-electron chi connectivity index (χ2n) is 3.97. The Bertz CT molecular complexity index is 183. The zero-order valence-electron chi connectivity index (χ0n) is 7.58. The predicted molar refractivity (Wildman–Crippen MR) is 45.8 cm³/mol. The molecular formula is C8H16N2O2. The summed E-state index contributed by atoms with van der Waals surface area (Å²) in [4.78, 5) is 12.8. The summed E-state index contributed by atoms with van der Waals surface area (Å²) in [5.74, 6) is -0.522. The fourth-order valence-corrected chi connectivity index (χ4v) is 1.98. The number of rotatable bonds is 1. The summed E-state index contributed by atoms with van der Waals surface area (Å²) in [6.45, 7) is 3.42. The number of carbonyl (C=O) groups is 1. The van der Waals surface area contributed by atoms with Gasteiger partial charge < -0.3 is 15.7 Å². The molecule has 12 heavy (non-hydrogen) atoms. The van der Waals surface area contributed by atoms with Gasteiger partial charge in [0.1, 0.15) is 5.54 Å². The molecule has 4 nitrogen and oxygen atoms in total. The Morgan fingerprint density at radius 1 is 1.75 bits per heavy atom. The molecule has 0 radical (unpaired) electrons. The molecule has 1 heterocycles. The second kappa shape index (κ2) is 3.03. The lowest BCUT2D eigenvalue weighted by Crippen LogP contribution is -2.60. The van der Waals surface area contributed by atoms with Crippen LogP contribution in [-0.2, 0) is 4.79 Å². The largest absolute Gasteiger partial charge is 0.480 e. The number of aliphatic carboxylic acids is 1. The van der Waals surface area contributed by atoms with Crippen molar-refractivity contribution in [1.82, 2.24) is 4.90 Å². The van der Waals surface area contributed by atoms with E-state index in [1.165, 1.54) is 0 Å². The molecule has 4 heteroatoms. The summed E-state index contributed by atoms with van der Waals surface area (Å²) < 4.78 is 0. The predicted octanol–water partition coefficient (Wildman–Crippen LogP) is -0.260. The van der Waals surface area contributed by atoms with Gasteiger partial charge in [-0.05, 0) is 19.4 Å². The molecule has 1 aliphatic heterocycles. The van der Waals surface area contributed by atoms with Crippen LogP contribution in [0.15, 0.2) is 0 Å². The molecular weight excluding hydrogens is 156 g/mol. The molecule has 3 N–H and O–H groups in total. The van der Waals surface area contributed by atoms with E-state index in [-0.39, 0.29) is 0 Å². The van der Waals surface area contributed by atoms with Gasteiger partial charge in [0, 0.05) is 13.1 Å². The summed E-state index contributed by atoms with van der Waals surface area (Å²) in [7, 11) is 1.90. The van der Waals surface area contributed by atoms with Crippen molar-refractivity contribution >= 4 is 5.97 Å². The van der Waals surface area contributed by atoms with Crippen LogP contribution >= 0.6 is 0 Å². The summed E-state index contributed by atoms with van der Waals surface area (Å²) in [5.41, 5.74) is 4.71. The highest BCUT2D eigenvalue weighted by atomic mass is 16.4. The van der Waals surface area contributed by atoms with Crippen molar-refractivity contribution < 1.29 is 9.90 Å². The molecule has 0 saturated carbocycles. The van der Waals surface area contributed by atoms with Crippen molar-refractivity contribution in [2.45, 2.75) is 18.9 Å². The third kappa shape index (κ3) is 1.76. The van der Waals surface area contributed by atoms with Gasteiger partial charge in [0.25, 0.3) is 0 Å². The van der Waals surface area contributed by atoms with Gasteiger partial charge >= 0.3 is 5.97 Å². The number of likely N-dealkylation sites (tertiary alicyclic amines) is 1. The van der Waals surface area contributed by atoms with Crippen molar-refractivity contribution in [2.24, 2.45) is 11.7 Å². The first-order valence-electron chi connectivity index (χ1n) is 4.15. The Morgan fingerprint density at radius 3 is 2.75 bits per heavy atom. The maximum absolute atomic E-state index is 10.8. The van der Waals surface area contributed by atoms with E-state index in [1.54, 1.807) is 0 Å². The van der Waals surface area contributed by atoms with Gasteiger partial charge in [-0.2, -0.15) is 0 Å². The Morgan fingerprint density at radius 2 is 2.33 bits per heavy atom. The van der Waals surface area contributed by atoms with Crippen LogP contribution in [0.25, 0.3) is 0 Å². The number of nitrogens with zero attached hydrogens (tertiary/aromatic N) is 1. The van der Waals surface area contributed by atoms with E-state index in [9.17, 15) is 4.79 Å². The molecule has 0 aromatic heterocycles. The molecule has 0 spiro atoms. The normalized spacial score (nSPS) is 38.1. The molecule has 0 unspecified atom stereocenters. The lowest BCUT2D eigenvalue weighted by molar-refractivity contribution is -0.146. The fourth-order valence-electron chi connectivity index (χ4n) is 1.98. The minimum Gasteiger partial charge on any atom is -0.480 e. The van der Waals surface area contributed by atoms with E-state index in [4.69, 9.17) is 10.8 Å². The second-order valence-corrected chi connectivity index (χ2v) is 3.97. The maximum Gasteiger partial charge on any atom is 0.325 e. The molecule has 70 valence electrons. The Kier molecular flexibility index (Phi) is 2.39. The van der Waals surface area contributed by atoms with Crippen molar-refractivity contribution in [2.75, 3.05) is 20.1 Å². The summed E-state index contributed by atoms with van der Waals surface area (Å²) in [6.07, 6.45) is 0.576. The highest BCUT2D eigenvalue weighted by molar-refractivity contribution is 5.79. The fraction of sp³-hybridized carbons (Fsp3) is 0.875. The van der Waals surface area contributed by atoms with Gasteiger partial charge in [-0.1, -0.05) is 6.92 Å². The minimum absolute atomic E-state index is 0.366. The van der Waals surface area contributed by atoms with Gasteiger partial charge in [0.2, 0.25) is 0 Å². The molecule has 2 atom stereocenters. The first kappa shape index (κ1) is 9.48. The van der Waals surface area contributed by atoms with E-state index >= 15 is 0 Å². The van der Waals surface area contributed by atoms with Gasteiger partial charge in [0.05, 0.1) is 0 Å². The molecule has 0 bridgehead atoms. The summed E-state index contributed by atoms with van der Waals surface area (Å²) in [5, 5.41) is 8.88. The molecule has 0 amide bonds. The van der Waals surface area contributed by atoms with Crippen molar-refractivity contribution in [3.05, 3.63) is 0 Å². The van der Waals surface area contributed by atoms with Crippen LogP contribution in [0.4, 0.5) is 0 Å². The standard InChI is InChI=1S/C8H16N2O2/c1-6-3-8(9,7(11)12)5-10(2)4-6/h6H,3-5,9H2,1-2H3,(H,11,12)/t6-,8+/m0/s1. The van der Waals surface area contributed by atoms with Gasteiger partial charge in [-0.3, -0.25) is 4.79 Å². The van der Waals surface area contributed by atoms with E-state index < -0.39 is 11.5 Å². The van der Waals surface area contributed by atoms with E-state index in [1.807, 2.05) is 18.9 Å². The van der Waals surface area contributed by atoms with Crippen LogP contribution in [-0.4, -0.2) is 41.7 Å². The monoisotopic (exact) mass is 172 g/mol. The number of hydrogen-bond donors (Lipinski definition) is 2. The lowest BCUT2D eigenvalue weighted by Gasteiger charge is -2.38.